The second-order valence-corrected chi connectivity index (χ2v) is 13.1. The lowest BCUT2D eigenvalue weighted by molar-refractivity contribution is -0.152. The molecule has 3 atom stereocenters. The fraction of sp³-hybridized carbons (Fsp3) is 0.674. The molecule has 0 saturated heterocycles. The molecule has 0 heterocycles. The van der Waals surface area contributed by atoms with Crippen molar-refractivity contribution in [1.82, 2.24) is 0 Å². The number of carbonyl (C=O) groups excluding carboxylic acids is 2. The first kappa shape index (κ1) is 47.3. The van der Waals surface area contributed by atoms with Crippen molar-refractivity contribution in [2.75, 3.05) is 13.2 Å². The van der Waals surface area contributed by atoms with Crippen LogP contribution in [0.5, 0.6) is 0 Å². The first-order chi connectivity index (χ1) is 24.4. The maximum atomic E-state index is 12.0. The second-order valence-electron chi connectivity index (χ2n) is 13.1. The van der Waals surface area contributed by atoms with E-state index in [4.69, 9.17) is 9.47 Å². The summed E-state index contributed by atoms with van der Waals surface area (Å²) in [7, 11) is 0. The van der Waals surface area contributed by atoms with Gasteiger partial charge in [-0.2, -0.15) is 0 Å². The molecule has 286 valence electrons. The minimum atomic E-state index is -1.03. The Labute approximate surface area is 305 Å². The molecule has 0 saturated carbocycles. The second kappa shape index (κ2) is 37.5. The summed E-state index contributed by atoms with van der Waals surface area (Å²) in [5.74, 6) is -0.729. The average Bonchev–Trinajstić information content (AvgIpc) is 3.10. The molecule has 0 radical (unpaired) electrons. The molecule has 0 unspecified atom stereocenters. The van der Waals surface area contributed by atoms with Crippen molar-refractivity contribution in [3.05, 3.63) is 72.9 Å². The molecule has 3 N–H and O–H groups in total. The molecule has 0 aromatic heterocycles. The van der Waals surface area contributed by atoms with Gasteiger partial charge >= 0.3 is 11.9 Å². The van der Waals surface area contributed by atoms with E-state index < -0.39 is 24.3 Å². The van der Waals surface area contributed by atoms with Gasteiger partial charge < -0.3 is 24.8 Å². The van der Waals surface area contributed by atoms with Gasteiger partial charge in [0.25, 0.3) is 0 Å². The van der Waals surface area contributed by atoms with Crippen LogP contribution in [0.15, 0.2) is 72.9 Å². The van der Waals surface area contributed by atoms with Crippen LogP contribution in [-0.2, 0) is 19.1 Å². The number of rotatable bonds is 34. The molecule has 50 heavy (non-hydrogen) atoms. The molecule has 0 spiro atoms. The Morgan fingerprint density at radius 2 is 0.960 bits per heavy atom. The minimum Gasteiger partial charge on any atom is -0.463 e. The molecule has 7 heteroatoms. The molecule has 0 rings (SSSR count). The first-order valence-corrected chi connectivity index (χ1v) is 19.7. The summed E-state index contributed by atoms with van der Waals surface area (Å²) in [6, 6.07) is 0. The van der Waals surface area contributed by atoms with E-state index in [1.165, 1.54) is 77.0 Å². The zero-order valence-corrected chi connectivity index (χ0v) is 31.6. The fourth-order valence-corrected chi connectivity index (χ4v) is 5.11. The van der Waals surface area contributed by atoms with Gasteiger partial charge in [-0.25, -0.2) is 0 Å². The summed E-state index contributed by atoms with van der Waals surface area (Å²) in [6.07, 6.45) is 43.2. The summed E-state index contributed by atoms with van der Waals surface area (Å²) < 4.78 is 10.2. The number of ether oxygens (including phenoxy) is 2. The Morgan fingerprint density at radius 1 is 0.520 bits per heavy atom. The summed E-state index contributed by atoms with van der Waals surface area (Å²) in [6.45, 7) is 3.95. The minimum absolute atomic E-state index is 0.169. The zero-order valence-electron chi connectivity index (χ0n) is 31.6. The molecule has 0 bridgehead atoms. The van der Waals surface area contributed by atoms with E-state index in [0.717, 1.165) is 25.7 Å². The van der Waals surface area contributed by atoms with Gasteiger partial charge in [0.05, 0.1) is 12.2 Å². The lowest BCUT2D eigenvalue weighted by atomic mass is 10.0. The molecular formula is C43H72O7. The van der Waals surface area contributed by atoms with Crippen LogP contribution in [0.4, 0.5) is 0 Å². The monoisotopic (exact) mass is 701 g/mol. The van der Waals surface area contributed by atoms with E-state index in [1.54, 1.807) is 24.3 Å². The highest BCUT2D eigenvalue weighted by atomic mass is 16.6. The smallest absolute Gasteiger partial charge is 0.306 e. The molecular weight excluding hydrogens is 628 g/mol. The standard InChI is InChI=1S/C43H72O7/c1-3-5-7-8-9-10-11-12-13-14-15-16-17-21-29-35-42(47)49-37-41(46)38-50-43(48)36-30-22-19-18-20-26-32-40(45)34-28-24-23-27-33-39(44)31-25-6-4-2/h6,19-20,22-28,33-34,39-41,44-46H,3-5,7-18,21,29-32,35-38H2,1-2H3/b22-19-,24-23-,25-6-,26-20-,33-27+,34-28+/t39-,40+,41-/m1/s1. The van der Waals surface area contributed by atoms with Crippen molar-refractivity contribution in [2.45, 2.75) is 173 Å². The van der Waals surface area contributed by atoms with Crippen molar-refractivity contribution < 1.29 is 34.4 Å². The van der Waals surface area contributed by atoms with Crippen LogP contribution in [0, 0.1) is 0 Å². The van der Waals surface area contributed by atoms with E-state index in [9.17, 15) is 24.9 Å². The van der Waals surface area contributed by atoms with E-state index >= 15 is 0 Å². The van der Waals surface area contributed by atoms with Gasteiger partial charge in [-0.3, -0.25) is 9.59 Å². The SMILES string of the molecule is CC/C=C\C[C@@H](O)/C=C/C=C\C=C\[C@@H](O)C/C=C\C/C=C\CCC(=O)OC[C@H](O)COC(=O)CCCCCCCCCCCCCCCCC. The lowest BCUT2D eigenvalue weighted by Crippen LogP contribution is -2.25. The number of hydrogen-bond donors (Lipinski definition) is 3. The number of carbonyl (C=O) groups is 2. The molecule has 0 amide bonds. The van der Waals surface area contributed by atoms with Gasteiger partial charge in [-0.15, -0.1) is 0 Å². The predicted molar refractivity (Wildman–Crippen MR) is 208 cm³/mol. The Hall–Kier alpha value is -2.74. The number of esters is 2. The number of unbranched alkanes of at least 4 members (excludes halogenated alkanes) is 14. The van der Waals surface area contributed by atoms with Crippen LogP contribution in [0.25, 0.3) is 0 Å². The highest BCUT2D eigenvalue weighted by Gasteiger charge is 2.11. The molecule has 0 aliphatic rings. The van der Waals surface area contributed by atoms with Crippen LogP contribution in [0.2, 0.25) is 0 Å². The molecule has 7 nitrogen and oxygen atoms in total. The Kier molecular flexibility index (Phi) is 35.5. The van der Waals surface area contributed by atoms with Crippen molar-refractivity contribution in [2.24, 2.45) is 0 Å². The largest absolute Gasteiger partial charge is 0.463 e. The highest BCUT2D eigenvalue weighted by molar-refractivity contribution is 5.70. The van der Waals surface area contributed by atoms with E-state index in [1.807, 2.05) is 48.6 Å². The molecule has 0 fully saturated rings. The normalized spacial score (nSPS) is 14.3. The van der Waals surface area contributed by atoms with Gasteiger partial charge in [-0.05, 0) is 38.5 Å². The number of aliphatic hydroxyl groups is 3. The van der Waals surface area contributed by atoms with E-state index in [2.05, 4.69) is 13.8 Å². The van der Waals surface area contributed by atoms with Crippen molar-refractivity contribution in [1.29, 1.82) is 0 Å². The average molecular weight is 701 g/mol. The quantitative estimate of drug-likeness (QED) is 0.0265. The predicted octanol–water partition coefficient (Wildman–Crippen LogP) is 10.1. The number of hydrogen-bond acceptors (Lipinski definition) is 7. The Morgan fingerprint density at radius 3 is 1.46 bits per heavy atom. The van der Waals surface area contributed by atoms with Gasteiger partial charge in [-0.1, -0.05) is 177 Å². The lowest BCUT2D eigenvalue weighted by Gasteiger charge is -2.12. The molecule has 0 aromatic rings. The van der Waals surface area contributed by atoms with Crippen molar-refractivity contribution in [3.8, 4) is 0 Å². The van der Waals surface area contributed by atoms with E-state index in [0.29, 0.717) is 32.1 Å². The summed E-state index contributed by atoms with van der Waals surface area (Å²) in [5.41, 5.74) is 0. The number of aliphatic hydroxyl groups excluding tert-OH is 3. The van der Waals surface area contributed by atoms with Crippen LogP contribution >= 0.6 is 0 Å². The maximum absolute atomic E-state index is 12.0. The van der Waals surface area contributed by atoms with Gasteiger partial charge in [0.15, 0.2) is 0 Å². The fourth-order valence-electron chi connectivity index (χ4n) is 5.11. The first-order valence-electron chi connectivity index (χ1n) is 19.7. The van der Waals surface area contributed by atoms with E-state index in [-0.39, 0.29) is 25.6 Å². The van der Waals surface area contributed by atoms with Crippen molar-refractivity contribution in [3.63, 3.8) is 0 Å². The molecule has 0 aliphatic heterocycles. The topological polar surface area (TPSA) is 113 Å². The summed E-state index contributed by atoms with van der Waals surface area (Å²) in [5, 5.41) is 29.8. The molecule has 0 aliphatic carbocycles. The Bertz CT molecular complexity index is 962. The third kappa shape index (κ3) is 36.5. The van der Waals surface area contributed by atoms with Gasteiger partial charge in [0, 0.05) is 12.8 Å². The van der Waals surface area contributed by atoms with Crippen LogP contribution in [-0.4, -0.2) is 58.8 Å². The van der Waals surface area contributed by atoms with Crippen LogP contribution in [0.3, 0.4) is 0 Å². The summed E-state index contributed by atoms with van der Waals surface area (Å²) >= 11 is 0. The van der Waals surface area contributed by atoms with Gasteiger partial charge in [0.2, 0.25) is 0 Å². The van der Waals surface area contributed by atoms with Gasteiger partial charge in [0.1, 0.15) is 19.3 Å². The third-order valence-corrected chi connectivity index (χ3v) is 8.14. The molecule has 0 aromatic carbocycles. The Balaban J connectivity index is 3.71. The van der Waals surface area contributed by atoms with Crippen LogP contribution in [0.1, 0.15) is 155 Å². The number of allylic oxidation sites excluding steroid dienone is 8. The summed E-state index contributed by atoms with van der Waals surface area (Å²) in [4.78, 5) is 23.9. The van der Waals surface area contributed by atoms with Crippen LogP contribution < -0.4 is 0 Å². The van der Waals surface area contributed by atoms with Crippen molar-refractivity contribution >= 4 is 11.9 Å². The maximum Gasteiger partial charge on any atom is 0.306 e. The highest BCUT2D eigenvalue weighted by Crippen LogP contribution is 2.14. The zero-order chi connectivity index (χ0) is 36.8. The third-order valence-electron chi connectivity index (χ3n) is 8.14.